The number of carbonyl (C=O) groups is 1. The van der Waals surface area contributed by atoms with Crippen LogP contribution >= 0.6 is 0 Å². The van der Waals surface area contributed by atoms with Gasteiger partial charge in [-0.25, -0.2) is 4.79 Å². The summed E-state index contributed by atoms with van der Waals surface area (Å²) in [4.78, 5) is 11.2. The molecule has 0 amide bonds. The number of esters is 1. The Labute approximate surface area is 77.0 Å². The van der Waals surface area contributed by atoms with Crippen molar-refractivity contribution in [1.82, 2.24) is 0 Å². The van der Waals surface area contributed by atoms with Gasteiger partial charge < -0.3 is 4.74 Å². The van der Waals surface area contributed by atoms with Crippen LogP contribution < -0.4 is 0 Å². The predicted octanol–water partition coefficient (Wildman–Crippen LogP) is 2.40. The molecule has 0 fully saturated rings. The van der Waals surface area contributed by atoms with E-state index >= 15 is 0 Å². The highest BCUT2D eigenvalue weighted by Crippen LogP contribution is 2.11. The summed E-state index contributed by atoms with van der Waals surface area (Å²) in [6.07, 6.45) is -0.139. The number of ether oxygens (including phenoxy) is 1. The Kier molecular flexibility index (Phi) is 2.90. The molecule has 0 bridgehead atoms. The lowest BCUT2D eigenvalue weighted by Gasteiger charge is -2.06. The third-order valence-corrected chi connectivity index (χ3v) is 1.43. The zero-order chi connectivity index (χ0) is 9.84. The highest BCUT2D eigenvalue weighted by molar-refractivity contribution is 5.89. The summed E-state index contributed by atoms with van der Waals surface area (Å²) in [5.74, 6) is -0.504. The molecule has 69 valence electrons. The lowest BCUT2D eigenvalue weighted by atomic mass is 10.2. The van der Waals surface area contributed by atoms with E-state index in [1.54, 1.807) is 13.8 Å². The topological polar surface area (TPSA) is 46.2 Å². The molecule has 0 saturated carbocycles. The monoisotopic (exact) mass is 179 g/mol. The van der Waals surface area contributed by atoms with Crippen LogP contribution in [-0.4, -0.2) is 12.1 Å². The van der Waals surface area contributed by atoms with Gasteiger partial charge in [-0.15, -0.1) is 0 Å². The number of hydrogen-bond donors (Lipinski definition) is 0. The summed E-state index contributed by atoms with van der Waals surface area (Å²) < 4.78 is 4.94. The van der Waals surface area contributed by atoms with Gasteiger partial charge >= 0.3 is 5.97 Å². The molecule has 0 aliphatic heterocycles. The molecule has 0 unspecified atom stereocenters. The first kappa shape index (κ1) is 9.58. The molecule has 0 N–H and O–H groups in total. The van der Waals surface area contributed by atoms with Crippen molar-refractivity contribution in [3.05, 3.63) is 29.8 Å². The maximum Gasteiger partial charge on any atom is 0.338 e. The van der Waals surface area contributed by atoms with Crippen LogP contribution in [0, 0.1) is 0 Å². The maximum atomic E-state index is 11.2. The van der Waals surface area contributed by atoms with Crippen molar-refractivity contribution >= 4 is 5.97 Å². The predicted molar refractivity (Wildman–Crippen MR) is 47.1 cm³/mol. The van der Waals surface area contributed by atoms with E-state index in [1.165, 1.54) is 24.3 Å². The third-order valence-electron chi connectivity index (χ3n) is 1.43. The van der Waals surface area contributed by atoms with Crippen LogP contribution in [0.2, 0.25) is 0 Å². The van der Waals surface area contributed by atoms with Crippen LogP contribution in [0.25, 0.3) is 0 Å². The largest absolute Gasteiger partial charge is 0.459 e. The van der Waals surface area contributed by atoms with E-state index in [9.17, 15) is 9.90 Å². The Hall–Kier alpha value is -1.51. The normalized spacial score (nSPS) is 10.1. The van der Waals surface area contributed by atoms with Crippen LogP contribution in [-0.2, 0) is 9.84 Å². The fourth-order valence-electron chi connectivity index (χ4n) is 0.873. The van der Waals surface area contributed by atoms with E-state index < -0.39 is 5.97 Å². The molecular formula is C10H11O3. The van der Waals surface area contributed by atoms with Gasteiger partial charge in [-0.2, -0.15) is 0 Å². The van der Waals surface area contributed by atoms with Crippen LogP contribution in [0.4, 0.5) is 0 Å². The van der Waals surface area contributed by atoms with Crippen LogP contribution in [0.1, 0.15) is 24.2 Å². The fraction of sp³-hybridized carbons (Fsp3) is 0.300. The van der Waals surface area contributed by atoms with Gasteiger partial charge in [0.05, 0.1) is 11.7 Å². The summed E-state index contributed by atoms with van der Waals surface area (Å²) >= 11 is 0. The van der Waals surface area contributed by atoms with Gasteiger partial charge in [-0.3, -0.25) is 5.11 Å². The smallest absolute Gasteiger partial charge is 0.338 e. The van der Waals surface area contributed by atoms with Crippen molar-refractivity contribution < 1.29 is 14.6 Å². The molecule has 0 saturated heterocycles. The molecule has 3 nitrogen and oxygen atoms in total. The van der Waals surface area contributed by atoms with Gasteiger partial charge in [0.2, 0.25) is 0 Å². The second-order valence-electron chi connectivity index (χ2n) is 2.98. The van der Waals surface area contributed by atoms with Gasteiger partial charge in [-0.1, -0.05) is 0 Å². The van der Waals surface area contributed by atoms with Gasteiger partial charge in [0.25, 0.3) is 0 Å². The minimum atomic E-state index is -0.394. The minimum Gasteiger partial charge on any atom is -0.459 e. The minimum absolute atomic E-state index is 0.110. The summed E-state index contributed by atoms with van der Waals surface area (Å²) in [6.45, 7) is 3.56. The summed E-state index contributed by atoms with van der Waals surface area (Å²) in [6, 6.07) is 5.62. The molecule has 1 aromatic rings. The molecule has 0 heterocycles. The quantitative estimate of drug-likeness (QED) is 0.654. The molecular weight excluding hydrogens is 168 g/mol. The van der Waals surface area contributed by atoms with Gasteiger partial charge in [-0.05, 0) is 38.1 Å². The molecule has 0 aliphatic rings. The molecule has 0 atom stereocenters. The van der Waals surface area contributed by atoms with E-state index in [1.807, 2.05) is 0 Å². The van der Waals surface area contributed by atoms with Crippen LogP contribution in [0.3, 0.4) is 0 Å². The molecule has 1 rings (SSSR count). The summed E-state index contributed by atoms with van der Waals surface area (Å²) in [5.41, 5.74) is 0.410. The number of hydrogen-bond acceptors (Lipinski definition) is 2. The molecule has 1 aromatic carbocycles. The summed E-state index contributed by atoms with van der Waals surface area (Å²) in [5, 5.41) is 10.7. The van der Waals surface area contributed by atoms with Crippen molar-refractivity contribution in [2.45, 2.75) is 20.0 Å². The fourth-order valence-corrected chi connectivity index (χ4v) is 0.873. The third kappa shape index (κ3) is 2.78. The standard InChI is InChI=1S/C10H11O3/c1-7(2)13-10(12)8-3-5-9(11)6-4-8/h3-7H,1-2H3. The highest BCUT2D eigenvalue weighted by Gasteiger charge is 2.08. The first-order chi connectivity index (χ1) is 6.09. The van der Waals surface area contributed by atoms with Crippen molar-refractivity contribution in [1.29, 1.82) is 0 Å². The first-order valence-electron chi connectivity index (χ1n) is 4.07. The summed E-state index contributed by atoms with van der Waals surface area (Å²) in [7, 11) is 0. The van der Waals surface area contributed by atoms with Gasteiger partial charge in [0.1, 0.15) is 0 Å². The molecule has 1 radical (unpaired) electrons. The van der Waals surface area contributed by atoms with Crippen molar-refractivity contribution in [2.75, 3.05) is 0 Å². The first-order valence-corrected chi connectivity index (χ1v) is 4.07. The van der Waals surface area contributed by atoms with Crippen LogP contribution in [0.15, 0.2) is 24.3 Å². The molecule has 0 aliphatic carbocycles. The maximum absolute atomic E-state index is 11.2. The molecule has 3 heteroatoms. The lowest BCUT2D eigenvalue weighted by molar-refractivity contribution is 0.0378. The van der Waals surface area contributed by atoms with Crippen molar-refractivity contribution in [3.63, 3.8) is 0 Å². The van der Waals surface area contributed by atoms with Gasteiger partial charge in [0, 0.05) is 0 Å². The number of carbonyl (C=O) groups excluding carboxylic acids is 1. The van der Waals surface area contributed by atoms with E-state index in [-0.39, 0.29) is 11.9 Å². The number of benzene rings is 1. The number of rotatable bonds is 2. The van der Waals surface area contributed by atoms with Crippen LogP contribution in [0.5, 0.6) is 5.75 Å². The molecule has 0 aromatic heterocycles. The Morgan fingerprint density at radius 3 is 2.23 bits per heavy atom. The van der Waals surface area contributed by atoms with E-state index in [0.717, 1.165) is 0 Å². The highest BCUT2D eigenvalue weighted by atomic mass is 16.5. The second kappa shape index (κ2) is 3.94. The molecule has 13 heavy (non-hydrogen) atoms. The zero-order valence-corrected chi connectivity index (χ0v) is 7.61. The van der Waals surface area contributed by atoms with Crippen molar-refractivity contribution in [2.24, 2.45) is 0 Å². The van der Waals surface area contributed by atoms with E-state index in [2.05, 4.69) is 0 Å². The Balaban J connectivity index is 2.72. The second-order valence-corrected chi connectivity index (χ2v) is 2.98. The van der Waals surface area contributed by atoms with E-state index in [4.69, 9.17) is 4.74 Å². The Morgan fingerprint density at radius 2 is 1.77 bits per heavy atom. The Morgan fingerprint density at radius 1 is 1.23 bits per heavy atom. The average molecular weight is 179 g/mol. The van der Waals surface area contributed by atoms with E-state index in [0.29, 0.717) is 5.56 Å². The zero-order valence-electron chi connectivity index (χ0n) is 7.61. The van der Waals surface area contributed by atoms with Crippen molar-refractivity contribution in [3.8, 4) is 5.75 Å². The SMILES string of the molecule is CC(C)OC(=O)c1ccc([O])cc1. The Bertz CT molecular complexity index is 288. The molecule has 0 spiro atoms. The average Bonchev–Trinajstić information content (AvgIpc) is 2.04. The lowest BCUT2D eigenvalue weighted by Crippen LogP contribution is -2.11. The van der Waals surface area contributed by atoms with Gasteiger partial charge in [0.15, 0.2) is 5.75 Å².